The van der Waals surface area contributed by atoms with E-state index in [0.29, 0.717) is 5.69 Å². The lowest BCUT2D eigenvalue weighted by Crippen LogP contribution is -2.54. The highest BCUT2D eigenvalue weighted by Crippen LogP contribution is 2.30. The molecule has 1 N–H and O–H groups in total. The number of benzene rings is 3. The van der Waals surface area contributed by atoms with E-state index in [9.17, 15) is 9.59 Å². The number of rotatable bonds is 3. The monoisotopic (exact) mass is 479 g/mol. The number of nitrogens with zero attached hydrogens (tertiary/aromatic N) is 2. The molecule has 3 aromatic carbocycles. The first-order chi connectivity index (χ1) is 16.7. The molecule has 35 heavy (non-hydrogen) atoms. The molecule has 0 unspecified atom stereocenters. The molecule has 0 aliphatic carbocycles. The van der Waals surface area contributed by atoms with Crippen LogP contribution in [0.2, 0.25) is 0 Å². The van der Waals surface area contributed by atoms with E-state index in [1.165, 1.54) is 4.90 Å². The minimum absolute atomic E-state index is 0.0518. The van der Waals surface area contributed by atoms with Crippen molar-refractivity contribution in [3.63, 3.8) is 0 Å². The van der Waals surface area contributed by atoms with Gasteiger partial charge in [-0.25, -0.2) is 0 Å². The zero-order chi connectivity index (χ0) is 24.9. The predicted molar refractivity (Wildman–Crippen MR) is 145 cm³/mol. The molecule has 2 heterocycles. The van der Waals surface area contributed by atoms with Gasteiger partial charge in [0.2, 0.25) is 0 Å². The van der Waals surface area contributed by atoms with Gasteiger partial charge in [-0.2, -0.15) is 0 Å². The van der Waals surface area contributed by atoms with Crippen molar-refractivity contribution in [2.75, 3.05) is 4.90 Å². The highest BCUT2D eigenvalue weighted by molar-refractivity contribution is 7.80. The Bertz CT molecular complexity index is 1550. The van der Waals surface area contributed by atoms with Crippen LogP contribution in [0.1, 0.15) is 28.1 Å². The number of thiocarbonyl (C=S) groups is 1. The van der Waals surface area contributed by atoms with Crippen LogP contribution in [0, 0.1) is 27.7 Å². The Morgan fingerprint density at radius 2 is 1.54 bits per heavy atom. The van der Waals surface area contributed by atoms with Crippen LogP contribution in [0.15, 0.2) is 72.3 Å². The fraction of sp³-hybridized carbons (Fsp3) is 0.138. The SMILES string of the molecule is Cc1cc(C)cc(N2C(=O)/C(=C/c3cc(C)n(-c4cccc5ccccc45)c3C)C(=O)NC2=S)c1. The molecular formula is C29H25N3O2S. The van der Waals surface area contributed by atoms with Crippen LogP contribution < -0.4 is 10.2 Å². The number of anilines is 1. The zero-order valence-corrected chi connectivity index (χ0v) is 20.9. The maximum Gasteiger partial charge on any atom is 0.270 e. The Kier molecular flexibility index (Phi) is 5.61. The Morgan fingerprint density at radius 3 is 2.29 bits per heavy atom. The van der Waals surface area contributed by atoms with Crippen molar-refractivity contribution in [1.29, 1.82) is 0 Å². The Morgan fingerprint density at radius 1 is 0.857 bits per heavy atom. The van der Waals surface area contributed by atoms with Crippen LogP contribution in [0.5, 0.6) is 0 Å². The van der Waals surface area contributed by atoms with Crippen LogP contribution in [0.3, 0.4) is 0 Å². The first-order valence-corrected chi connectivity index (χ1v) is 11.8. The van der Waals surface area contributed by atoms with Crippen molar-refractivity contribution in [3.8, 4) is 5.69 Å². The molecule has 0 radical (unpaired) electrons. The van der Waals surface area contributed by atoms with Crippen molar-refractivity contribution in [3.05, 3.63) is 100 Å². The molecule has 0 spiro atoms. The molecular weight excluding hydrogens is 454 g/mol. The van der Waals surface area contributed by atoms with Crippen molar-refractivity contribution in [2.45, 2.75) is 27.7 Å². The normalized spacial score (nSPS) is 15.3. The lowest BCUT2D eigenvalue weighted by atomic mass is 10.1. The number of aromatic nitrogens is 1. The second-order valence-electron chi connectivity index (χ2n) is 8.96. The molecule has 0 saturated carbocycles. The number of amides is 2. The van der Waals surface area contributed by atoms with Gasteiger partial charge >= 0.3 is 0 Å². The van der Waals surface area contributed by atoms with Gasteiger partial charge in [0.1, 0.15) is 5.57 Å². The fourth-order valence-corrected chi connectivity index (χ4v) is 5.12. The second-order valence-corrected chi connectivity index (χ2v) is 9.35. The lowest BCUT2D eigenvalue weighted by Gasteiger charge is -2.29. The summed E-state index contributed by atoms with van der Waals surface area (Å²) < 4.78 is 2.16. The summed E-state index contributed by atoms with van der Waals surface area (Å²) in [4.78, 5) is 27.8. The maximum atomic E-state index is 13.5. The summed E-state index contributed by atoms with van der Waals surface area (Å²) in [5.41, 5.74) is 6.53. The standard InChI is InChI=1S/C29H25N3O2S/c1-17-12-18(2)14-23(13-17)32-28(34)25(27(33)30-29(32)35)16-22-15-19(3)31(20(22)4)26-11-7-9-21-8-5-6-10-24(21)26/h5-16H,1-4H3,(H,30,33,35)/b25-16+. The summed E-state index contributed by atoms with van der Waals surface area (Å²) in [6.07, 6.45) is 1.67. The minimum atomic E-state index is -0.490. The summed E-state index contributed by atoms with van der Waals surface area (Å²) in [5.74, 6) is -0.922. The van der Waals surface area contributed by atoms with E-state index in [-0.39, 0.29) is 10.7 Å². The molecule has 1 saturated heterocycles. The Balaban J connectivity index is 1.60. The Hall–Kier alpha value is -4.03. The molecule has 174 valence electrons. The van der Waals surface area contributed by atoms with E-state index in [1.54, 1.807) is 6.08 Å². The average Bonchev–Trinajstić information content (AvgIpc) is 3.08. The van der Waals surface area contributed by atoms with Crippen molar-refractivity contribution in [2.24, 2.45) is 0 Å². The molecule has 1 aromatic heterocycles. The summed E-state index contributed by atoms with van der Waals surface area (Å²) in [7, 11) is 0. The summed E-state index contributed by atoms with van der Waals surface area (Å²) in [6.45, 7) is 7.95. The van der Waals surface area contributed by atoms with E-state index in [1.807, 2.05) is 70.2 Å². The predicted octanol–water partition coefficient (Wildman–Crippen LogP) is 5.70. The number of fused-ring (bicyclic) bond motifs is 1. The first kappa shape index (κ1) is 22.7. The quantitative estimate of drug-likeness (QED) is 0.233. The topological polar surface area (TPSA) is 54.3 Å². The third-order valence-corrected chi connectivity index (χ3v) is 6.63. The number of hydrogen-bond acceptors (Lipinski definition) is 3. The second kappa shape index (κ2) is 8.64. The third kappa shape index (κ3) is 3.96. The van der Waals surface area contributed by atoms with E-state index in [2.05, 4.69) is 34.1 Å². The fourth-order valence-electron chi connectivity index (χ4n) is 4.83. The average molecular weight is 480 g/mol. The van der Waals surface area contributed by atoms with E-state index in [4.69, 9.17) is 12.2 Å². The van der Waals surface area contributed by atoms with Crippen LogP contribution in [0.25, 0.3) is 22.5 Å². The highest BCUT2D eigenvalue weighted by Gasteiger charge is 2.35. The zero-order valence-electron chi connectivity index (χ0n) is 20.0. The molecule has 1 aliphatic heterocycles. The molecule has 1 aliphatic rings. The number of aryl methyl sites for hydroxylation is 3. The molecule has 5 nitrogen and oxygen atoms in total. The first-order valence-electron chi connectivity index (χ1n) is 11.4. The third-order valence-electron chi connectivity index (χ3n) is 6.34. The van der Waals surface area contributed by atoms with Gasteiger partial charge in [-0.05, 0) is 92.3 Å². The molecule has 6 heteroatoms. The van der Waals surface area contributed by atoms with Gasteiger partial charge in [-0.1, -0.05) is 42.5 Å². The van der Waals surface area contributed by atoms with Gasteiger partial charge in [0.05, 0.1) is 11.4 Å². The molecule has 4 aromatic rings. The largest absolute Gasteiger partial charge is 0.317 e. The lowest BCUT2D eigenvalue weighted by molar-refractivity contribution is -0.122. The van der Waals surface area contributed by atoms with Crippen molar-refractivity contribution >= 4 is 51.7 Å². The van der Waals surface area contributed by atoms with Gasteiger partial charge in [0.15, 0.2) is 5.11 Å². The van der Waals surface area contributed by atoms with Gasteiger partial charge < -0.3 is 4.57 Å². The molecule has 1 fully saturated rings. The van der Waals surface area contributed by atoms with Crippen LogP contribution in [-0.4, -0.2) is 21.5 Å². The number of hydrogen-bond donors (Lipinski definition) is 1. The Labute approximate surface area is 209 Å². The molecule has 5 rings (SSSR count). The van der Waals surface area contributed by atoms with Gasteiger partial charge in [-0.3, -0.25) is 19.8 Å². The highest BCUT2D eigenvalue weighted by atomic mass is 32.1. The van der Waals surface area contributed by atoms with E-state index < -0.39 is 11.8 Å². The summed E-state index contributed by atoms with van der Waals surface area (Å²) in [5, 5.41) is 5.06. The van der Waals surface area contributed by atoms with Crippen LogP contribution in [0.4, 0.5) is 5.69 Å². The molecule has 2 amide bonds. The molecule has 0 atom stereocenters. The van der Waals surface area contributed by atoms with Crippen molar-refractivity contribution < 1.29 is 9.59 Å². The smallest absolute Gasteiger partial charge is 0.270 e. The van der Waals surface area contributed by atoms with Gasteiger partial charge in [0.25, 0.3) is 11.8 Å². The van der Waals surface area contributed by atoms with E-state index >= 15 is 0 Å². The number of carbonyl (C=O) groups is 2. The minimum Gasteiger partial charge on any atom is -0.317 e. The van der Waals surface area contributed by atoms with Crippen LogP contribution >= 0.6 is 12.2 Å². The summed E-state index contributed by atoms with van der Waals surface area (Å²) in [6, 6.07) is 22.2. The van der Waals surface area contributed by atoms with E-state index in [0.717, 1.165) is 44.5 Å². The van der Waals surface area contributed by atoms with Gasteiger partial charge in [0, 0.05) is 16.8 Å². The van der Waals surface area contributed by atoms with Gasteiger partial charge in [-0.15, -0.1) is 0 Å². The number of carbonyl (C=O) groups excluding carboxylic acids is 2. The van der Waals surface area contributed by atoms with Crippen LogP contribution in [-0.2, 0) is 9.59 Å². The maximum absolute atomic E-state index is 13.5. The molecule has 0 bridgehead atoms. The number of nitrogens with one attached hydrogen (secondary N) is 1. The van der Waals surface area contributed by atoms with Crippen molar-refractivity contribution in [1.82, 2.24) is 9.88 Å². The summed E-state index contributed by atoms with van der Waals surface area (Å²) >= 11 is 5.37.